The van der Waals surface area contributed by atoms with Gasteiger partial charge in [0.25, 0.3) is 0 Å². The van der Waals surface area contributed by atoms with Gasteiger partial charge in [0.05, 0.1) is 0 Å². The van der Waals surface area contributed by atoms with Gasteiger partial charge >= 0.3 is 0 Å². The highest BCUT2D eigenvalue weighted by Gasteiger charge is 2.01. The van der Waals surface area contributed by atoms with Crippen molar-refractivity contribution in [1.82, 2.24) is 4.98 Å². The highest BCUT2D eigenvalue weighted by atomic mass is 32.1. The number of hydrogen-bond acceptors (Lipinski definition) is 4. The summed E-state index contributed by atoms with van der Waals surface area (Å²) in [6.07, 6.45) is 6.66. The molecule has 0 bridgehead atoms. The van der Waals surface area contributed by atoms with Crippen LogP contribution in [-0.4, -0.2) is 18.1 Å². The molecule has 0 aliphatic heterocycles. The van der Waals surface area contributed by atoms with Crippen LogP contribution < -0.4 is 11.1 Å². The lowest BCUT2D eigenvalue weighted by Gasteiger charge is -2.06. The molecule has 2 heterocycles. The van der Waals surface area contributed by atoms with Crippen molar-refractivity contribution in [3.05, 3.63) is 23.7 Å². The molecular formula is C13H19N3S. The van der Waals surface area contributed by atoms with E-state index in [0.717, 1.165) is 25.3 Å². The Morgan fingerprint density at radius 1 is 1.18 bits per heavy atom. The summed E-state index contributed by atoms with van der Waals surface area (Å²) in [6, 6.07) is 4.19. The van der Waals surface area contributed by atoms with Gasteiger partial charge in [-0.25, -0.2) is 4.98 Å². The van der Waals surface area contributed by atoms with Crippen molar-refractivity contribution < 1.29 is 0 Å². The van der Waals surface area contributed by atoms with Gasteiger partial charge < -0.3 is 11.1 Å². The van der Waals surface area contributed by atoms with E-state index in [1.807, 2.05) is 6.20 Å². The molecular weight excluding hydrogens is 230 g/mol. The summed E-state index contributed by atoms with van der Waals surface area (Å²) in [5.74, 6) is 1.02. The van der Waals surface area contributed by atoms with E-state index in [4.69, 9.17) is 5.73 Å². The Hall–Kier alpha value is -1.13. The van der Waals surface area contributed by atoms with Gasteiger partial charge in [0, 0.05) is 22.8 Å². The van der Waals surface area contributed by atoms with Crippen LogP contribution in [0.4, 0.5) is 5.82 Å². The monoisotopic (exact) mass is 249 g/mol. The number of unbranched alkanes of at least 4 members (excludes halogenated alkanes) is 3. The zero-order valence-electron chi connectivity index (χ0n) is 9.98. The van der Waals surface area contributed by atoms with E-state index in [2.05, 4.69) is 27.8 Å². The van der Waals surface area contributed by atoms with Crippen molar-refractivity contribution in [2.75, 3.05) is 18.4 Å². The van der Waals surface area contributed by atoms with Crippen LogP contribution in [0.1, 0.15) is 25.7 Å². The van der Waals surface area contributed by atoms with E-state index in [-0.39, 0.29) is 0 Å². The molecule has 0 aliphatic rings. The van der Waals surface area contributed by atoms with E-state index < -0.39 is 0 Å². The summed E-state index contributed by atoms with van der Waals surface area (Å²) >= 11 is 1.76. The minimum atomic E-state index is 0.809. The third-order valence-electron chi connectivity index (χ3n) is 2.80. The Morgan fingerprint density at radius 2 is 2.06 bits per heavy atom. The molecule has 0 radical (unpaired) electrons. The summed E-state index contributed by atoms with van der Waals surface area (Å²) in [7, 11) is 0. The van der Waals surface area contributed by atoms with E-state index in [9.17, 15) is 0 Å². The number of rotatable bonds is 7. The molecule has 3 N–H and O–H groups in total. The van der Waals surface area contributed by atoms with Gasteiger partial charge in [-0.15, -0.1) is 11.3 Å². The van der Waals surface area contributed by atoms with Crippen molar-refractivity contribution in [2.24, 2.45) is 5.73 Å². The maximum atomic E-state index is 5.46. The zero-order chi connectivity index (χ0) is 11.9. The second-order valence-electron chi connectivity index (χ2n) is 4.12. The van der Waals surface area contributed by atoms with E-state index in [0.29, 0.717) is 0 Å². The number of aromatic nitrogens is 1. The molecule has 0 aromatic carbocycles. The van der Waals surface area contributed by atoms with Crippen LogP contribution in [0, 0.1) is 0 Å². The quantitative estimate of drug-likeness (QED) is 0.741. The molecule has 2 aromatic heterocycles. The average Bonchev–Trinajstić information content (AvgIpc) is 2.82. The van der Waals surface area contributed by atoms with Crippen molar-refractivity contribution in [1.29, 1.82) is 0 Å². The Balaban J connectivity index is 1.80. The third-order valence-corrected chi connectivity index (χ3v) is 3.69. The smallest absolute Gasteiger partial charge is 0.134 e. The van der Waals surface area contributed by atoms with Crippen LogP contribution in [0.25, 0.3) is 10.1 Å². The summed E-state index contributed by atoms with van der Waals surface area (Å²) in [5.41, 5.74) is 5.46. The number of hydrogen-bond donors (Lipinski definition) is 2. The Morgan fingerprint density at radius 3 is 2.94 bits per heavy atom. The first kappa shape index (κ1) is 12.3. The van der Waals surface area contributed by atoms with Gasteiger partial charge in [-0.05, 0) is 36.9 Å². The molecule has 2 aromatic rings. The maximum Gasteiger partial charge on any atom is 0.134 e. The predicted molar refractivity (Wildman–Crippen MR) is 75.6 cm³/mol. The molecule has 0 aliphatic carbocycles. The fraction of sp³-hybridized carbons (Fsp3) is 0.462. The topological polar surface area (TPSA) is 50.9 Å². The third kappa shape index (κ3) is 3.41. The van der Waals surface area contributed by atoms with Gasteiger partial charge in [0.2, 0.25) is 0 Å². The van der Waals surface area contributed by atoms with Gasteiger partial charge in [-0.3, -0.25) is 0 Å². The van der Waals surface area contributed by atoms with Crippen molar-refractivity contribution in [2.45, 2.75) is 25.7 Å². The lowest BCUT2D eigenvalue weighted by molar-refractivity contribution is 0.661. The predicted octanol–water partition coefficient (Wildman–Crippen LogP) is 3.23. The minimum absolute atomic E-state index is 0.809. The molecule has 2 rings (SSSR count). The van der Waals surface area contributed by atoms with Gasteiger partial charge in [-0.2, -0.15) is 0 Å². The molecule has 0 amide bonds. The van der Waals surface area contributed by atoms with Crippen LogP contribution in [0.3, 0.4) is 0 Å². The number of thiophene rings is 1. The highest BCUT2D eigenvalue weighted by molar-refractivity contribution is 7.17. The molecule has 0 saturated heterocycles. The largest absolute Gasteiger partial charge is 0.370 e. The molecule has 4 heteroatoms. The number of nitrogens with zero attached hydrogens (tertiary/aromatic N) is 1. The molecule has 0 spiro atoms. The molecule has 0 unspecified atom stereocenters. The number of nitrogens with two attached hydrogens (primary N) is 1. The Bertz CT molecular complexity index is 453. The van der Waals surface area contributed by atoms with Crippen LogP contribution in [0.2, 0.25) is 0 Å². The van der Waals surface area contributed by atoms with Crippen LogP contribution in [0.15, 0.2) is 23.7 Å². The first-order valence-electron chi connectivity index (χ1n) is 6.18. The standard InChI is InChI=1S/C13H19N3S/c14-7-3-1-2-4-8-15-13-11-6-10-17-12(11)5-9-16-13/h5-6,9-10H,1-4,7-8,14H2,(H,15,16). The Kier molecular flexibility index (Phi) is 4.76. The number of nitrogens with one attached hydrogen (secondary N) is 1. The van der Waals surface area contributed by atoms with Crippen molar-refractivity contribution in [3.63, 3.8) is 0 Å². The maximum absolute atomic E-state index is 5.46. The molecule has 0 saturated carbocycles. The zero-order valence-corrected chi connectivity index (χ0v) is 10.8. The first-order valence-corrected chi connectivity index (χ1v) is 7.06. The molecule has 0 fully saturated rings. The molecule has 17 heavy (non-hydrogen) atoms. The fourth-order valence-corrected chi connectivity index (χ4v) is 2.65. The fourth-order valence-electron chi connectivity index (χ4n) is 1.87. The summed E-state index contributed by atoms with van der Waals surface area (Å²) in [4.78, 5) is 4.39. The number of anilines is 1. The van der Waals surface area contributed by atoms with E-state index in [1.54, 1.807) is 11.3 Å². The highest BCUT2D eigenvalue weighted by Crippen LogP contribution is 2.25. The summed E-state index contributed by atoms with van der Waals surface area (Å²) in [6.45, 7) is 1.80. The van der Waals surface area contributed by atoms with Crippen molar-refractivity contribution in [3.8, 4) is 0 Å². The van der Waals surface area contributed by atoms with Crippen LogP contribution >= 0.6 is 11.3 Å². The summed E-state index contributed by atoms with van der Waals surface area (Å²) < 4.78 is 1.30. The second kappa shape index (κ2) is 6.57. The van der Waals surface area contributed by atoms with Crippen molar-refractivity contribution >= 4 is 27.2 Å². The summed E-state index contributed by atoms with van der Waals surface area (Å²) in [5, 5.41) is 6.76. The van der Waals surface area contributed by atoms with Gasteiger partial charge in [0.1, 0.15) is 5.82 Å². The SMILES string of the molecule is NCCCCCCNc1nccc2sccc12. The van der Waals surface area contributed by atoms with Crippen LogP contribution in [-0.2, 0) is 0 Å². The minimum Gasteiger partial charge on any atom is -0.370 e. The van der Waals surface area contributed by atoms with Crippen LogP contribution in [0.5, 0.6) is 0 Å². The Labute approximate surface area is 106 Å². The second-order valence-corrected chi connectivity index (χ2v) is 5.07. The van der Waals surface area contributed by atoms with E-state index in [1.165, 1.54) is 29.3 Å². The van der Waals surface area contributed by atoms with Gasteiger partial charge in [0.15, 0.2) is 0 Å². The normalized spacial score (nSPS) is 10.9. The number of fused-ring (bicyclic) bond motifs is 1. The van der Waals surface area contributed by atoms with Gasteiger partial charge in [-0.1, -0.05) is 12.8 Å². The molecule has 3 nitrogen and oxygen atoms in total. The number of pyridine rings is 1. The average molecular weight is 249 g/mol. The first-order chi connectivity index (χ1) is 8.42. The molecule has 92 valence electrons. The lowest BCUT2D eigenvalue weighted by Crippen LogP contribution is -2.04. The van der Waals surface area contributed by atoms with E-state index >= 15 is 0 Å². The molecule has 0 atom stereocenters. The lowest BCUT2D eigenvalue weighted by atomic mass is 10.2.